The minimum Gasteiger partial charge on any atom is -0.318 e. The molecule has 1 aliphatic rings. The van der Waals surface area contributed by atoms with E-state index in [4.69, 9.17) is 12.2 Å². The second-order valence-corrected chi connectivity index (χ2v) is 9.56. The third-order valence-corrected chi connectivity index (χ3v) is 6.32. The third-order valence-electron chi connectivity index (χ3n) is 4.94. The van der Waals surface area contributed by atoms with Crippen molar-refractivity contribution in [1.29, 1.82) is 0 Å². The maximum absolute atomic E-state index is 12.5. The smallest absolute Gasteiger partial charge is 0.266 e. The van der Waals surface area contributed by atoms with Gasteiger partial charge in [0.15, 0.2) is 0 Å². The fourth-order valence-electron chi connectivity index (χ4n) is 3.36. The van der Waals surface area contributed by atoms with Gasteiger partial charge >= 0.3 is 0 Å². The molecule has 0 atom stereocenters. The topological polar surface area (TPSA) is 25.2 Å². The summed E-state index contributed by atoms with van der Waals surface area (Å²) in [4.78, 5) is 14.8. The van der Waals surface area contributed by atoms with E-state index in [0.717, 1.165) is 22.6 Å². The molecule has 3 nitrogen and oxygen atoms in total. The third kappa shape index (κ3) is 3.76. The van der Waals surface area contributed by atoms with Crippen molar-refractivity contribution in [3.63, 3.8) is 0 Å². The summed E-state index contributed by atoms with van der Waals surface area (Å²) in [7, 11) is 0. The molecule has 0 unspecified atom stereocenters. The summed E-state index contributed by atoms with van der Waals surface area (Å²) in [5.74, 6) is 0.00633. The highest BCUT2D eigenvalue weighted by molar-refractivity contribution is 8.26. The van der Waals surface area contributed by atoms with Crippen molar-refractivity contribution in [2.75, 3.05) is 6.54 Å². The minimum atomic E-state index is 0.00633. The second-order valence-electron chi connectivity index (χ2n) is 7.88. The first-order chi connectivity index (χ1) is 12.6. The molecule has 142 valence electrons. The standard InChI is InChI=1S/C22H26N2OS2/c1-7-23-20(25)19(27-21(23)26)13-16-12-14(2)24(15(16)3)18-10-8-17(9-11-18)22(4,5)6/h8-13H,7H2,1-6H3/b19-13-. The molecule has 0 spiro atoms. The van der Waals surface area contributed by atoms with Crippen molar-refractivity contribution in [2.45, 2.75) is 47.0 Å². The minimum absolute atomic E-state index is 0.00633. The zero-order valence-corrected chi connectivity index (χ0v) is 18.4. The summed E-state index contributed by atoms with van der Waals surface area (Å²) in [6.45, 7) is 13.4. The van der Waals surface area contributed by atoms with Crippen LogP contribution in [0.1, 0.15) is 50.2 Å². The number of carbonyl (C=O) groups is 1. The number of thiocarbonyl (C=S) groups is 1. The number of thioether (sulfide) groups is 1. The molecular weight excluding hydrogens is 372 g/mol. The van der Waals surface area contributed by atoms with Crippen molar-refractivity contribution < 1.29 is 4.79 Å². The van der Waals surface area contributed by atoms with Crippen LogP contribution in [0.4, 0.5) is 0 Å². The Morgan fingerprint density at radius 1 is 1.15 bits per heavy atom. The number of nitrogens with zero attached hydrogens (tertiary/aromatic N) is 2. The Balaban J connectivity index is 1.98. The summed E-state index contributed by atoms with van der Waals surface area (Å²) >= 11 is 6.70. The lowest BCUT2D eigenvalue weighted by atomic mass is 9.87. The second kappa shape index (κ2) is 7.28. The first kappa shape index (κ1) is 19.9. The Hall–Kier alpha value is -1.85. The van der Waals surface area contributed by atoms with Gasteiger partial charge in [-0.3, -0.25) is 9.69 Å². The molecule has 0 radical (unpaired) electrons. The van der Waals surface area contributed by atoms with Crippen LogP contribution in [0.2, 0.25) is 0 Å². The van der Waals surface area contributed by atoms with Crippen LogP contribution in [0.25, 0.3) is 11.8 Å². The van der Waals surface area contributed by atoms with Gasteiger partial charge in [0.25, 0.3) is 5.91 Å². The van der Waals surface area contributed by atoms with E-state index in [-0.39, 0.29) is 11.3 Å². The van der Waals surface area contributed by atoms with Crippen LogP contribution in [-0.2, 0) is 10.2 Å². The molecule has 1 aliphatic heterocycles. The zero-order chi connectivity index (χ0) is 19.9. The van der Waals surface area contributed by atoms with Crippen LogP contribution in [-0.4, -0.2) is 26.2 Å². The molecule has 1 aromatic heterocycles. The van der Waals surface area contributed by atoms with Gasteiger partial charge in [0.05, 0.1) is 4.91 Å². The first-order valence-electron chi connectivity index (χ1n) is 9.18. The molecule has 2 aromatic rings. The molecule has 1 saturated heterocycles. The average Bonchev–Trinajstić information content (AvgIpc) is 3.02. The molecule has 0 saturated carbocycles. The van der Waals surface area contributed by atoms with Gasteiger partial charge in [-0.25, -0.2) is 0 Å². The van der Waals surface area contributed by atoms with Crippen molar-refractivity contribution in [3.8, 4) is 5.69 Å². The molecule has 1 amide bonds. The fourth-order valence-corrected chi connectivity index (χ4v) is 4.73. The Bertz CT molecular complexity index is 930. The molecule has 0 N–H and O–H groups in total. The normalized spacial score (nSPS) is 16.7. The Morgan fingerprint density at radius 3 is 2.30 bits per heavy atom. The van der Waals surface area contributed by atoms with Gasteiger partial charge in [0, 0.05) is 23.6 Å². The summed E-state index contributed by atoms with van der Waals surface area (Å²) in [5.41, 5.74) is 5.92. The molecule has 2 heterocycles. The number of rotatable bonds is 3. The van der Waals surface area contributed by atoms with Crippen molar-refractivity contribution in [1.82, 2.24) is 9.47 Å². The predicted octanol–water partition coefficient (Wildman–Crippen LogP) is 5.61. The largest absolute Gasteiger partial charge is 0.318 e. The van der Waals surface area contributed by atoms with E-state index in [1.807, 2.05) is 13.0 Å². The van der Waals surface area contributed by atoms with E-state index in [2.05, 4.69) is 69.5 Å². The highest BCUT2D eigenvalue weighted by atomic mass is 32.2. The molecular formula is C22H26N2OS2. The van der Waals surface area contributed by atoms with E-state index in [1.54, 1.807) is 4.90 Å². The van der Waals surface area contributed by atoms with Crippen LogP contribution in [0.15, 0.2) is 35.2 Å². The van der Waals surface area contributed by atoms with Crippen molar-refractivity contribution in [3.05, 3.63) is 57.8 Å². The quantitative estimate of drug-likeness (QED) is 0.496. The monoisotopic (exact) mass is 398 g/mol. The van der Waals surface area contributed by atoms with Gasteiger partial charge in [-0.05, 0) is 61.6 Å². The molecule has 3 rings (SSSR count). The predicted molar refractivity (Wildman–Crippen MR) is 119 cm³/mol. The number of hydrogen-bond donors (Lipinski definition) is 0. The lowest BCUT2D eigenvalue weighted by Crippen LogP contribution is -2.27. The summed E-state index contributed by atoms with van der Waals surface area (Å²) < 4.78 is 2.87. The zero-order valence-electron chi connectivity index (χ0n) is 16.8. The molecule has 1 fully saturated rings. The Morgan fingerprint density at radius 2 is 1.78 bits per heavy atom. The van der Waals surface area contributed by atoms with Gasteiger partial charge < -0.3 is 4.57 Å². The maximum atomic E-state index is 12.5. The molecule has 1 aromatic carbocycles. The van der Waals surface area contributed by atoms with Crippen LogP contribution >= 0.6 is 24.0 Å². The Labute approximate surface area is 171 Å². The van der Waals surface area contributed by atoms with Crippen LogP contribution < -0.4 is 0 Å². The fraction of sp³-hybridized carbons (Fsp3) is 0.364. The Kier molecular flexibility index (Phi) is 5.37. The maximum Gasteiger partial charge on any atom is 0.266 e. The molecule has 5 heteroatoms. The van der Waals surface area contributed by atoms with E-state index >= 15 is 0 Å². The van der Waals surface area contributed by atoms with Gasteiger partial charge in [0.2, 0.25) is 0 Å². The number of benzene rings is 1. The number of amides is 1. The van der Waals surface area contributed by atoms with Gasteiger partial charge in [0.1, 0.15) is 4.32 Å². The van der Waals surface area contributed by atoms with E-state index in [0.29, 0.717) is 15.8 Å². The van der Waals surface area contributed by atoms with Gasteiger partial charge in [-0.15, -0.1) is 0 Å². The average molecular weight is 399 g/mol. The van der Waals surface area contributed by atoms with E-state index in [9.17, 15) is 4.79 Å². The number of carbonyl (C=O) groups excluding carboxylic acids is 1. The van der Waals surface area contributed by atoms with Crippen molar-refractivity contribution in [2.24, 2.45) is 0 Å². The number of aromatic nitrogens is 1. The first-order valence-corrected chi connectivity index (χ1v) is 10.4. The molecule has 27 heavy (non-hydrogen) atoms. The highest BCUT2D eigenvalue weighted by Gasteiger charge is 2.31. The van der Waals surface area contributed by atoms with Gasteiger partial charge in [-0.1, -0.05) is 56.9 Å². The molecule has 0 aliphatic carbocycles. The highest BCUT2D eigenvalue weighted by Crippen LogP contribution is 2.34. The van der Waals surface area contributed by atoms with Crippen LogP contribution in [0.5, 0.6) is 0 Å². The van der Waals surface area contributed by atoms with Crippen LogP contribution in [0, 0.1) is 13.8 Å². The van der Waals surface area contributed by atoms with Crippen LogP contribution in [0.3, 0.4) is 0 Å². The van der Waals surface area contributed by atoms with E-state index < -0.39 is 0 Å². The number of hydrogen-bond acceptors (Lipinski definition) is 3. The number of likely N-dealkylation sites (N-methyl/N-ethyl adjacent to an activating group) is 1. The summed E-state index contributed by atoms with van der Waals surface area (Å²) in [6, 6.07) is 10.9. The molecule has 0 bridgehead atoms. The summed E-state index contributed by atoms with van der Waals surface area (Å²) in [6.07, 6.45) is 1.97. The number of aryl methyl sites for hydroxylation is 1. The lowest BCUT2D eigenvalue weighted by Gasteiger charge is -2.20. The van der Waals surface area contributed by atoms with Crippen molar-refractivity contribution >= 4 is 40.3 Å². The SMILES string of the molecule is CCN1C(=O)/C(=C/c2cc(C)n(-c3ccc(C(C)(C)C)cc3)c2C)SC1=S. The van der Waals surface area contributed by atoms with Gasteiger partial charge in [-0.2, -0.15) is 0 Å². The lowest BCUT2D eigenvalue weighted by molar-refractivity contribution is -0.121. The summed E-state index contributed by atoms with van der Waals surface area (Å²) in [5, 5.41) is 0. The van der Waals surface area contributed by atoms with E-state index in [1.165, 1.54) is 17.3 Å².